The second kappa shape index (κ2) is 7.57. The van der Waals surface area contributed by atoms with E-state index in [1.165, 1.54) is 48.7 Å². The van der Waals surface area contributed by atoms with Gasteiger partial charge in [0.05, 0.1) is 29.8 Å². The first-order valence-corrected chi connectivity index (χ1v) is 12.4. The minimum absolute atomic E-state index is 0.208. The van der Waals surface area contributed by atoms with Crippen molar-refractivity contribution < 1.29 is 9.90 Å². The molecule has 1 aromatic carbocycles. The number of rotatable bonds is 5. The minimum atomic E-state index is -0.885. The average Bonchev–Trinajstić information content (AvgIpc) is 3.27. The number of fused-ring (bicyclic) bond motifs is 1. The van der Waals surface area contributed by atoms with Crippen molar-refractivity contribution in [3.05, 3.63) is 64.7 Å². The van der Waals surface area contributed by atoms with Gasteiger partial charge in [-0.3, -0.25) is 4.68 Å². The molecule has 6 heteroatoms. The quantitative estimate of drug-likeness (QED) is 0.542. The van der Waals surface area contributed by atoms with Crippen LogP contribution in [0.3, 0.4) is 0 Å². The van der Waals surface area contributed by atoms with Crippen LogP contribution < -0.4 is 0 Å². The molecule has 6 nitrogen and oxygen atoms in total. The number of aryl methyl sites for hydroxylation is 1. The lowest BCUT2D eigenvalue weighted by molar-refractivity contribution is 0.0695. The van der Waals surface area contributed by atoms with Crippen LogP contribution in [0.5, 0.6) is 0 Å². The Bertz CT molecular complexity index is 1220. The average molecular weight is 445 g/mol. The first-order chi connectivity index (χ1) is 15.9. The van der Waals surface area contributed by atoms with E-state index in [0.717, 1.165) is 37.1 Å². The Kier molecular flexibility index (Phi) is 4.75. The van der Waals surface area contributed by atoms with Gasteiger partial charge >= 0.3 is 5.97 Å². The van der Waals surface area contributed by atoms with Crippen molar-refractivity contribution in [3.63, 3.8) is 0 Å². The summed E-state index contributed by atoms with van der Waals surface area (Å²) in [5.74, 6) is -0.0948. The first kappa shape index (κ1) is 20.7. The Morgan fingerprint density at radius 1 is 1.09 bits per heavy atom. The largest absolute Gasteiger partial charge is 0.478 e. The van der Waals surface area contributed by atoms with E-state index in [1.807, 2.05) is 4.68 Å². The van der Waals surface area contributed by atoms with Gasteiger partial charge in [0.25, 0.3) is 0 Å². The summed E-state index contributed by atoms with van der Waals surface area (Å²) in [7, 11) is 0. The summed E-state index contributed by atoms with van der Waals surface area (Å²) >= 11 is 0. The van der Waals surface area contributed by atoms with E-state index in [-0.39, 0.29) is 5.41 Å². The van der Waals surface area contributed by atoms with Gasteiger partial charge in [0.2, 0.25) is 0 Å². The molecule has 2 saturated carbocycles. The highest BCUT2D eigenvalue weighted by Crippen LogP contribution is 2.45. The smallest absolute Gasteiger partial charge is 0.339 e. The van der Waals surface area contributed by atoms with Crippen LogP contribution in [0, 0.1) is 0 Å². The Balaban J connectivity index is 1.30. The molecule has 1 N–H and O–H groups in total. The molecule has 2 heterocycles. The lowest BCUT2D eigenvalue weighted by Gasteiger charge is -2.33. The molecule has 2 fully saturated rings. The molecule has 0 spiro atoms. The Labute approximate surface area is 194 Å². The van der Waals surface area contributed by atoms with Crippen LogP contribution in [0.15, 0.2) is 36.7 Å². The van der Waals surface area contributed by atoms with Crippen molar-refractivity contribution in [2.45, 2.75) is 88.5 Å². The third-order valence-corrected chi connectivity index (χ3v) is 8.11. The predicted octanol–water partition coefficient (Wildman–Crippen LogP) is 5.77. The van der Waals surface area contributed by atoms with Gasteiger partial charge in [-0.2, -0.15) is 10.2 Å². The number of carboxylic acids is 1. The molecule has 6 rings (SSSR count). The van der Waals surface area contributed by atoms with E-state index in [1.54, 1.807) is 0 Å². The predicted molar refractivity (Wildman–Crippen MR) is 126 cm³/mol. The van der Waals surface area contributed by atoms with Gasteiger partial charge in [-0.05, 0) is 74.1 Å². The molecule has 3 aliphatic rings. The van der Waals surface area contributed by atoms with E-state index < -0.39 is 5.97 Å². The van der Waals surface area contributed by atoms with Gasteiger partial charge in [0, 0.05) is 17.0 Å². The Morgan fingerprint density at radius 3 is 2.73 bits per heavy atom. The maximum atomic E-state index is 11.7. The number of hydrogen-bond acceptors (Lipinski definition) is 3. The van der Waals surface area contributed by atoms with Crippen molar-refractivity contribution in [3.8, 4) is 5.69 Å². The minimum Gasteiger partial charge on any atom is -0.478 e. The lowest BCUT2D eigenvalue weighted by atomic mass is 9.80. The summed E-state index contributed by atoms with van der Waals surface area (Å²) in [5, 5.41) is 19.0. The number of nitrogens with zero attached hydrogens (tertiary/aromatic N) is 4. The van der Waals surface area contributed by atoms with Crippen LogP contribution >= 0.6 is 0 Å². The van der Waals surface area contributed by atoms with Crippen LogP contribution in [0.25, 0.3) is 5.69 Å². The van der Waals surface area contributed by atoms with Crippen molar-refractivity contribution in [1.82, 2.24) is 19.6 Å². The van der Waals surface area contributed by atoms with Gasteiger partial charge in [-0.25, -0.2) is 9.48 Å². The molecular weight excluding hydrogens is 412 g/mol. The summed E-state index contributed by atoms with van der Waals surface area (Å²) in [4.78, 5) is 11.7. The number of aromatic nitrogens is 4. The fourth-order valence-electron chi connectivity index (χ4n) is 6.25. The highest BCUT2D eigenvalue weighted by molar-refractivity contribution is 5.89. The van der Waals surface area contributed by atoms with Crippen molar-refractivity contribution >= 4 is 5.97 Å². The number of carbonyl (C=O) groups is 1. The molecule has 3 aromatic rings. The third-order valence-electron chi connectivity index (χ3n) is 8.11. The number of carboxylic acid groups (broad SMARTS) is 1. The van der Waals surface area contributed by atoms with Crippen LogP contribution in [0.4, 0.5) is 0 Å². The number of hydrogen-bond donors (Lipinski definition) is 1. The van der Waals surface area contributed by atoms with Gasteiger partial charge in [-0.15, -0.1) is 0 Å². The van der Waals surface area contributed by atoms with Crippen LogP contribution in [-0.4, -0.2) is 30.6 Å². The van der Waals surface area contributed by atoms with E-state index in [2.05, 4.69) is 54.1 Å². The third kappa shape index (κ3) is 3.51. The second-order valence-electron chi connectivity index (χ2n) is 10.9. The molecular formula is C27H32N4O2. The molecule has 172 valence electrons. The van der Waals surface area contributed by atoms with Crippen LogP contribution in [0.1, 0.15) is 110 Å². The van der Waals surface area contributed by atoms with Crippen LogP contribution in [0.2, 0.25) is 0 Å². The molecule has 0 bridgehead atoms. The van der Waals surface area contributed by atoms with E-state index in [9.17, 15) is 9.90 Å². The summed E-state index contributed by atoms with van der Waals surface area (Å²) in [5.41, 5.74) is 6.60. The van der Waals surface area contributed by atoms with Gasteiger partial charge in [0.1, 0.15) is 5.56 Å². The molecule has 1 unspecified atom stereocenters. The first-order valence-electron chi connectivity index (χ1n) is 12.4. The van der Waals surface area contributed by atoms with Crippen molar-refractivity contribution in [2.24, 2.45) is 0 Å². The second-order valence-corrected chi connectivity index (χ2v) is 10.9. The van der Waals surface area contributed by atoms with Gasteiger partial charge < -0.3 is 5.11 Å². The summed E-state index contributed by atoms with van der Waals surface area (Å²) in [6.45, 7) is 4.71. The number of aromatic carboxylic acids is 1. The van der Waals surface area contributed by atoms with E-state index >= 15 is 0 Å². The molecule has 0 aliphatic heterocycles. The van der Waals surface area contributed by atoms with Crippen LogP contribution in [-0.2, 0) is 11.8 Å². The molecule has 0 saturated heterocycles. The zero-order valence-corrected chi connectivity index (χ0v) is 19.5. The Morgan fingerprint density at radius 2 is 1.94 bits per heavy atom. The molecule has 33 heavy (non-hydrogen) atoms. The molecule has 0 amide bonds. The fourth-order valence-corrected chi connectivity index (χ4v) is 6.25. The zero-order chi connectivity index (χ0) is 22.7. The normalized spacial score (nSPS) is 24.1. The van der Waals surface area contributed by atoms with Gasteiger partial charge in [0.15, 0.2) is 0 Å². The Hall–Kier alpha value is -2.89. The molecule has 2 aromatic heterocycles. The highest BCUT2D eigenvalue weighted by Gasteiger charge is 2.37. The molecule has 0 radical (unpaired) electrons. The maximum absolute atomic E-state index is 11.7. The molecule has 3 aliphatic carbocycles. The summed E-state index contributed by atoms with van der Waals surface area (Å²) in [6.07, 6.45) is 12.7. The summed E-state index contributed by atoms with van der Waals surface area (Å²) in [6, 6.07) is 9.05. The summed E-state index contributed by atoms with van der Waals surface area (Å²) < 4.78 is 4.23. The van der Waals surface area contributed by atoms with Gasteiger partial charge in [-0.1, -0.05) is 32.4 Å². The van der Waals surface area contributed by atoms with E-state index in [0.29, 0.717) is 23.4 Å². The monoisotopic (exact) mass is 444 g/mol. The standard InChI is InChI=1S/C27H32N4O2/c1-27(2)12-11-20-15-28-31(25(20)27)22-8-4-6-19(14-22)18-5-3-7-21(13-18)30-24(17-9-10-17)23(16-29-30)26(32)33/h3,5,7,13,15-17,19,22H,4,6,8-12,14H2,1-2H3,(H,32,33)/t19-,22?/m1/s1. The SMILES string of the molecule is CC1(C)CCc2cnn(C3CCC[C@@H](c4cccc(-n5ncc(C(=O)O)c5C5CC5)c4)C3)c21. The number of benzene rings is 1. The maximum Gasteiger partial charge on any atom is 0.339 e. The van der Waals surface area contributed by atoms with Crippen molar-refractivity contribution in [1.29, 1.82) is 0 Å². The molecule has 2 atom stereocenters. The highest BCUT2D eigenvalue weighted by atomic mass is 16.4. The van der Waals surface area contributed by atoms with Crippen molar-refractivity contribution in [2.75, 3.05) is 0 Å². The zero-order valence-electron chi connectivity index (χ0n) is 19.5. The fraction of sp³-hybridized carbons (Fsp3) is 0.519. The lowest BCUT2D eigenvalue weighted by Crippen LogP contribution is -2.25. The topological polar surface area (TPSA) is 72.9 Å². The van der Waals surface area contributed by atoms with E-state index in [4.69, 9.17) is 5.10 Å².